The molecule has 13 heavy (non-hydrogen) atoms. The predicted molar refractivity (Wildman–Crippen MR) is 48.0 cm³/mol. The summed E-state index contributed by atoms with van der Waals surface area (Å²) in [5.41, 5.74) is 0.146. The molecule has 1 aromatic rings. The van der Waals surface area contributed by atoms with Crippen molar-refractivity contribution in [3.63, 3.8) is 0 Å². The third-order valence-electron chi connectivity index (χ3n) is 2.17. The minimum atomic E-state index is -0.237. The molecule has 1 aliphatic rings. The van der Waals surface area contributed by atoms with Crippen molar-refractivity contribution >= 4 is 17.4 Å². The number of amides is 1. The van der Waals surface area contributed by atoms with Crippen LogP contribution in [-0.2, 0) is 11.3 Å². The fourth-order valence-corrected chi connectivity index (χ4v) is 1.41. The molecule has 5 nitrogen and oxygen atoms in total. The van der Waals surface area contributed by atoms with Gasteiger partial charge in [0.25, 0.3) is 5.91 Å². The zero-order valence-electron chi connectivity index (χ0n) is 7.32. The number of carbonyl (C=O) groups is 1. The molecule has 0 bridgehead atoms. The lowest BCUT2D eigenvalue weighted by atomic mass is 10.2. The van der Waals surface area contributed by atoms with E-state index in [4.69, 9.17) is 5.41 Å². The monoisotopic (exact) mass is 178 g/mol. The van der Waals surface area contributed by atoms with E-state index >= 15 is 0 Å². The van der Waals surface area contributed by atoms with E-state index in [9.17, 15) is 4.79 Å². The maximum atomic E-state index is 11.5. The van der Waals surface area contributed by atoms with Gasteiger partial charge in [-0.2, -0.15) is 5.10 Å². The van der Waals surface area contributed by atoms with Gasteiger partial charge >= 0.3 is 0 Å². The van der Waals surface area contributed by atoms with Crippen molar-refractivity contribution in [1.82, 2.24) is 9.78 Å². The topological polar surface area (TPSA) is 62.0 Å². The summed E-state index contributed by atoms with van der Waals surface area (Å²) in [4.78, 5) is 12.9. The molecule has 1 aromatic heterocycles. The molecule has 2 heterocycles. The molecule has 1 N–H and O–H groups in total. The molecular formula is C8H10N4O. The Morgan fingerprint density at radius 1 is 1.62 bits per heavy atom. The zero-order valence-corrected chi connectivity index (χ0v) is 7.32. The summed E-state index contributed by atoms with van der Waals surface area (Å²) in [7, 11) is 1.66. The van der Waals surface area contributed by atoms with Gasteiger partial charge in [-0.25, -0.2) is 4.68 Å². The first-order valence-corrected chi connectivity index (χ1v) is 4.07. The minimum Gasteiger partial charge on any atom is -0.300 e. The van der Waals surface area contributed by atoms with E-state index in [1.54, 1.807) is 24.0 Å². The molecule has 5 heteroatoms. The van der Waals surface area contributed by atoms with Crippen molar-refractivity contribution in [1.29, 1.82) is 5.41 Å². The summed E-state index contributed by atoms with van der Waals surface area (Å²) < 4.78 is 1.74. The van der Waals surface area contributed by atoms with Crippen LogP contribution in [-0.4, -0.2) is 28.4 Å². The van der Waals surface area contributed by atoms with Crippen LogP contribution in [0.2, 0.25) is 0 Å². The smallest absolute Gasteiger partial charge is 0.272 e. The maximum absolute atomic E-state index is 11.5. The molecule has 1 amide bonds. The van der Waals surface area contributed by atoms with Gasteiger partial charge in [0.2, 0.25) is 0 Å². The van der Waals surface area contributed by atoms with Crippen molar-refractivity contribution in [3.8, 4) is 0 Å². The molecule has 0 radical (unpaired) electrons. The number of hydrogen-bond acceptors (Lipinski definition) is 3. The van der Waals surface area contributed by atoms with Gasteiger partial charge in [0, 0.05) is 26.1 Å². The molecule has 0 saturated carbocycles. The Balaban J connectivity index is 2.46. The predicted octanol–water partition coefficient (Wildman–Crippen LogP) is 0.269. The number of aromatic nitrogens is 2. The lowest BCUT2D eigenvalue weighted by Crippen LogP contribution is -2.31. The number of anilines is 1. The molecule has 1 aliphatic heterocycles. The molecule has 0 unspecified atom stereocenters. The second-order valence-corrected chi connectivity index (χ2v) is 3.01. The van der Waals surface area contributed by atoms with Crippen LogP contribution in [0.25, 0.3) is 0 Å². The molecule has 68 valence electrons. The van der Waals surface area contributed by atoms with Gasteiger partial charge in [0.15, 0.2) is 0 Å². The van der Waals surface area contributed by atoms with Gasteiger partial charge in [-0.15, -0.1) is 0 Å². The molecular weight excluding hydrogens is 168 g/mol. The molecule has 2 rings (SSSR count). The average Bonchev–Trinajstić information content (AvgIpc) is 2.56. The minimum absolute atomic E-state index is 0.146. The number of fused-ring (bicyclic) bond motifs is 1. The van der Waals surface area contributed by atoms with E-state index in [0.717, 1.165) is 5.82 Å². The first-order chi connectivity index (χ1) is 6.20. The van der Waals surface area contributed by atoms with E-state index in [1.807, 2.05) is 0 Å². The third-order valence-corrected chi connectivity index (χ3v) is 2.17. The van der Waals surface area contributed by atoms with E-state index in [1.165, 1.54) is 4.90 Å². The molecule has 0 atom stereocenters. The third kappa shape index (κ3) is 1.12. The summed E-state index contributed by atoms with van der Waals surface area (Å²) in [6, 6.07) is 1.77. The highest BCUT2D eigenvalue weighted by atomic mass is 16.2. The van der Waals surface area contributed by atoms with Crippen molar-refractivity contribution in [3.05, 3.63) is 12.3 Å². The Bertz CT molecular complexity index is 368. The van der Waals surface area contributed by atoms with Crippen LogP contribution in [0, 0.1) is 5.41 Å². The Labute approximate surface area is 75.5 Å². The Kier molecular flexibility index (Phi) is 1.65. The van der Waals surface area contributed by atoms with Crippen LogP contribution < -0.4 is 4.90 Å². The van der Waals surface area contributed by atoms with Crippen LogP contribution in [0.15, 0.2) is 12.3 Å². The molecule has 0 aliphatic carbocycles. The summed E-state index contributed by atoms with van der Waals surface area (Å²) in [6.07, 6.45) is 2.12. The first-order valence-electron chi connectivity index (χ1n) is 4.07. The zero-order chi connectivity index (χ0) is 9.42. The first kappa shape index (κ1) is 7.97. The van der Waals surface area contributed by atoms with Gasteiger partial charge < -0.3 is 0 Å². The van der Waals surface area contributed by atoms with E-state index in [-0.39, 0.29) is 11.6 Å². The summed E-state index contributed by atoms with van der Waals surface area (Å²) in [5.74, 6) is 0.520. The summed E-state index contributed by atoms with van der Waals surface area (Å²) in [5, 5.41) is 11.5. The average molecular weight is 178 g/mol. The highest BCUT2D eigenvalue weighted by molar-refractivity contribution is 6.42. The van der Waals surface area contributed by atoms with Gasteiger partial charge in [-0.3, -0.25) is 15.1 Å². The largest absolute Gasteiger partial charge is 0.300 e. The van der Waals surface area contributed by atoms with Gasteiger partial charge in [-0.05, 0) is 0 Å². The SMILES string of the molecule is CN1C(=O)C(=N)CCn2nccc21. The van der Waals surface area contributed by atoms with Crippen LogP contribution >= 0.6 is 0 Å². The highest BCUT2D eigenvalue weighted by Crippen LogP contribution is 2.16. The Morgan fingerprint density at radius 3 is 3.15 bits per heavy atom. The number of aryl methyl sites for hydroxylation is 1. The van der Waals surface area contributed by atoms with E-state index in [2.05, 4.69) is 5.10 Å². The standard InChI is InChI=1S/C8H10N4O/c1-11-7-2-4-10-12(7)5-3-6(9)8(11)13/h2,4,9H,3,5H2,1H3. The van der Waals surface area contributed by atoms with Crippen LogP contribution in [0.5, 0.6) is 0 Å². The van der Waals surface area contributed by atoms with Gasteiger partial charge in [0.1, 0.15) is 5.82 Å². The summed E-state index contributed by atoms with van der Waals surface area (Å²) in [6.45, 7) is 0.608. The Morgan fingerprint density at radius 2 is 2.38 bits per heavy atom. The maximum Gasteiger partial charge on any atom is 0.272 e. The lowest BCUT2D eigenvalue weighted by molar-refractivity contribution is -0.112. The molecule has 0 fully saturated rings. The number of nitrogens with zero attached hydrogens (tertiary/aromatic N) is 3. The van der Waals surface area contributed by atoms with Crippen molar-refractivity contribution in [2.24, 2.45) is 0 Å². The second-order valence-electron chi connectivity index (χ2n) is 3.01. The Hall–Kier alpha value is -1.65. The number of hydrogen-bond donors (Lipinski definition) is 1. The van der Waals surface area contributed by atoms with Crippen molar-refractivity contribution in [2.45, 2.75) is 13.0 Å². The molecule has 0 saturated heterocycles. The fourth-order valence-electron chi connectivity index (χ4n) is 1.41. The fraction of sp³-hybridized carbons (Fsp3) is 0.375. The van der Waals surface area contributed by atoms with Gasteiger partial charge in [0.05, 0.1) is 11.9 Å². The molecule has 0 spiro atoms. The van der Waals surface area contributed by atoms with Crippen molar-refractivity contribution in [2.75, 3.05) is 11.9 Å². The number of nitrogens with one attached hydrogen (secondary N) is 1. The highest BCUT2D eigenvalue weighted by Gasteiger charge is 2.22. The van der Waals surface area contributed by atoms with Gasteiger partial charge in [-0.1, -0.05) is 0 Å². The quantitative estimate of drug-likeness (QED) is 0.619. The van der Waals surface area contributed by atoms with E-state index in [0.29, 0.717) is 13.0 Å². The number of rotatable bonds is 0. The van der Waals surface area contributed by atoms with Crippen LogP contribution in [0.4, 0.5) is 5.82 Å². The van der Waals surface area contributed by atoms with Crippen molar-refractivity contribution < 1.29 is 4.79 Å². The van der Waals surface area contributed by atoms with E-state index < -0.39 is 0 Å². The molecule has 0 aromatic carbocycles. The second kappa shape index (κ2) is 2.69. The summed E-state index contributed by atoms with van der Waals surface area (Å²) >= 11 is 0. The lowest BCUT2D eigenvalue weighted by Gasteiger charge is -2.13. The van der Waals surface area contributed by atoms with Crippen LogP contribution in [0.3, 0.4) is 0 Å². The normalized spacial score (nSPS) is 17.2. The number of carbonyl (C=O) groups excluding carboxylic acids is 1. The van der Waals surface area contributed by atoms with Crippen LogP contribution in [0.1, 0.15) is 6.42 Å².